The highest BCUT2D eigenvalue weighted by Crippen LogP contribution is 2.23. The third kappa shape index (κ3) is 3.85. The van der Waals surface area contributed by atoms with Gasteiger partial charge in [-0.25, -0.2) is 13.2 Å². The Hall–Kier alpha value is -1.81. The number of benzene rings is 2. The van der Waals surface area contributed by atoms with Gasteiger partial charge in [0.2, 0.25) is 0 Å². The third-order valence-corrected chi connectivity index (χ3v) is 3.53. The van der Waals surface area contributed by atoms with Gasteiger partial charge in [-0.1, -0.05) is 19.1 Å². The molecule has 0 radical (unpaired) electrons. The lowest BCUT2D eigenvalue weighted by Crippen LogP contribution is -2.23. The van der Waals surface area contributed by atoms with E-state index in [4.69, 9.17) is 0 Å². The summed E-state index contributed by atoms with van der Waals surface area (Å²) in [5.41, 5.74) is 2.48. The van der Waals surface area contributed by atoms with Crippen LogP contribution in [0.25, 0.3) is 0 Å². The standard InChI is InChI=1S/C17H18F3N/c1-3-21-17(12-5-7-15(19)16(20)9-12)10-13-8-14(18)6-4-11(13)2/h4-9,17,21H,3,10H2,1-2H3. The van der Waals surface area contributed by atoms with Crippen molar-refractivity contribution in [2.24, 2.45) is 0 Å². The lowest BCUT2D eigenvalue weighted by atomic mass is 9.96. The van der Waals surface area contributed by atoms with Crippen LogP contribution in [0.1, 0.15) is 29.7 Å². The van der Waals surface area contributed by atoms with Crippen molar-refractivity contribution in [2.75, 3.05) is 6.54 Å². The van der Waals surface area contributed by atoms with Gasteiger partial charge >= 0.3 is 0 Å². The van der Waals surface area contributed by atoms with Crippen molar-refractivity contribution in [2.45, 2.75) is 26.3 Å². The van der Waals surface area contributed by atoms with Crippen molar-refractivity contribution >= 4 is 0 Å². The number of halogens is 3. The second-order valence-electron chi connectivity index (χ2n) is 5.06. The summed E-state index contributed by atoms with van der Waals surface area (Å²) in [6.45, 7) is 4.52. The highest BCUT2D eigenvalue weighted by atomic mass is 19.2. The Morgan fingerprint density at radius 1 is 1.00 bits per heavy atom. The van der Waals surface area contributed by atoms with Crippen molar-refractivity contribution in [3.05, 3.63) is 70.5 Å². The Morgan fingerprint density at radius 2 is 1.76 bits per heavy atom. The van der Waals surface area contributed by atoms with Crippen LogP contribution in [-0.4, -0.2) is 6.54 Å². The van der Waals surface area contributed by atoms with Gasteiger partial charge in [0, 0.05) is 6.04 Å². The second-order valence-corrected chi connectivity index (χ2v) is 5.06. The molecule has 1 N–H and O–H groups in total. The molecular weight excluding hydrogens is 275 g/mol. The third-order valence-electron chi connectivity index (χ3n) is 3.53. The summed E-state index contributed by atoms with van der Waals surface area (Å²) in [6.07, 6.45) is 0.516. The monoisotopic (exact) mass is 293 g/mol. The molecule has 0 aliphatic heterocycles. The molecule has 2 aromatic carbocycles. The zero-order chi connectivity index (χ0) is 15.4. The molecule has 112 valence electrons. The van der Waals surface area contributed by atoms with E-state index in [0.717, 1.165) is 17.2 Å². The molecule has 0 bridgehead atoms. The van der Waals surface area contributed by atoms with Gasteiger partial charge in [-0.2, -0.15) is 0 Å². The van der Waals surface area contributed by atoms with E-state index >= 15 is 0 Å². The van der Waals surface area contributed by atoms with Gasteiger partial charge in [0.15, 0.2) is 11.6 Å². The smallest absolute Gasteiger partial charge is 0.159 e. The Morgan fingerprint density at radius 3 is 2.43 bits per heavy atom. The molecule has 1 atom stereocenters. The molecule has 21 heavy (non-hydrogen) atoms. The van der Waals surface area contributed by atoms with E-state index < -0.39 is 11.6 Å². The Bertz CT molecular complexity index is 625. The first-order valence-corrected chi connectivity index (χ1v) is 6.94. The molecule has 0 aromatic heterocycles. The fourth-order valence-corrected chi connectivity index (χ4v) is 2.36. The molecule has 0 heterocycles. The number of likely N-dealkylation sites (N-methyl/N-ethyl adjacent to an activating group) is 1. The molecule has 4 heteroatoms. The lowest BCUT2D eigenvalue weighted by Gasteiger charge is -2.20. The maximum atomic E-state index is 13.4. The molecule has 2 rings (SSSR count). The number of hydrogen-bond acceptors (Lipinski definition) is 1. The zero-order valence-corrected chi connectivity index (χ0v) is 12.1. The first-order chi connectivity index (χ1) is 10.0. The molecule has 0 fully saturated rings. The summed E-state index contributed by atoms with van der Waals surface area (Å²) in [5.74, 6) is -2.03. The van der Waals surface area contributed by atoms with Crippen molar-refractivity contribution < 1.29 is 13.2 Å². The molecule has 0 amide bonds. The average Bonchev–Trinajstić information content (AvgIpc) is 2.45. The van der Waals surface area contributed by atoms with Crippen LogP contribution in [0.3, 0.4) is 0 Å². The van der Waals surface area contributed by atoms with E-state index in [1.807, 2.05) is 13.8 Å². The summed E-state index contributed by atoms with van der Waals surface area (Å²) < 4.78 is 39.8. The first kappa shape index (κ1) is 15.6. The summed E-state index contributed by atoms with van der Waals surface area (Å²) in [7, 11) is 0. The van der Waals surface area contributed by atoms with Crippen LogP contribution in [0.15, 0.2) is 36.4 Å². The van der Waals surface area contributed by atoms with Crippen LogP contribution in [0.5, 0.6) is 0 Å². The van der Waals surface area contributed by atoms with E-state index in [9.17, 15) is 13.2 Å². The van der Waals surface area contributed by atoms with Gasteiger partial charge in [-0.15, -0.1) is 0 Å². The quantitative estimate of drug-likeness (QED) is 0.866. The van der Waals surface area contributed by atoms with Crippen molar-refractivity contribution in [3.63, 3.8) is 0 Å². The number of nitrogens with one attached hydrogen (secondary N) is 1. The zero-order valence-electron chi connectivity index (χ0n) is 12.1. The second kappa shape index (κ2) is 6.76. The minimum absolute atomic E-state index is 0.189. The summed E-state index contributed by atoms with van der Waals surface area (Å²) in [6, 6.07) is 8.30. The van der Waals surface area contributed by atoms with Crippen molar-refractivity contribution in [1.29, 1.82) is 0 Å². The van der Waals surface area contributed by atoms with Crippen LogP contribution >= 0.6 is 0 Å². The summed E-state index contributed by atoms with van der Waals surface area (Å²) >= 11 is 0. The van der Waals surface area contributed by atoms with E-state index in [1.165, 1.54) is 18.2 Å². The molecule has 1 unspecified atom stereocenters. The summed E-state index contributed by atoms with van der Waals surface area (Å²) in [4.78, 5) is 0. The van der Waals surface area contributed by atoms with Crippen LogP contribution in [0.4, 0.5) is 13.2 Å². The Labute approximate surface area is 122 Å². The molecule has 0 aliphatic rings. The normalized spacial score (nSPS) is 12.4. The molecule has 2 aromatic rings. The molecule has 1 nitrogen and oxygen atoms in total. The van der Waals surface area contributed by atoms with Gasteiger partial charge in [0.1, 0.15) is 5.82 Å². The minimum atomic E-state index is -0.869. The first-order valence-electron chi connectivity index (χ1n) is 6.94. The molecule has 0 saturated carbocycles. The topological polar surface area (TPSA) is 12.0 Å². The van der Waals surface area contributed by atoms with Crippen molar-refractivity contribution in [3.8, 4) is 0 Å². The van der Waals surface area contributed by atoms with Crippen LogP contribution in [0.2, 0.25) is 0 Å². The Kier molecular flexibility index (Phi) is 5.02. The predicted molar refractivity (Wildman–Crippen MR) is 77.6 cm³/mol. The van der Waals surface area contributed by atoms with Crippen LogP contribution < -0.4 is 5.32 Å². The van der Waals surface area contributed by atoms with Gasteiger partial charge in [0.25, 0.3) is 0 Å². The number of hydrogen-bond donors (Lipinski definition) is 1. The number of aryl methyl sites for hydroxylation is 1. The highest BCUT2D eigenvalue weighted by Gasteiger charge is 2.15. The molecule has 0 aliphatic carbocycles. The van der Waals surface area contributed by atoms with Crippen LogP contribution in [0, 0.1) is 24.4 Å². The Balaban J connectivity index is 2.30. The molecular formula is C17H18F3N. The van der Waals surface area contributed by atoms with Crippen molar-refractivity contribution in [1.82, 2.24) is 5.32 Å². The maximum Gasteiger partial charge on any atom is 0.159 e. The fraction of sp³-hybridized carbons (Fsp3) is 0.294. The van der Waals surface area contributed by atoms with E-state index in [-0.39, 0.29) is 11.9 Å². The maximum absolute atomic E-state index is 13.4. The predicted octanol–water partition coefficient (Wildman–Crippen LogP) is 4.31. The van der Waals surface area contributed by atoms with E-state index in [2.05, 4.69) is 5.32 Å². The highest BCUT2D eigenvalue weighted by molar-refractivity contribution is 5.30. The van der Waals surface area contributed by atoms with Gasteiger partial charge in [0.05, 0.1) is 0 Å². The minimum Gasteiger partial charge on any atom is -0.310 e. The fourth-order valence-electron chi connectivity index (χ4n) is 2.36. The molecule has 0 spiro atoms. The van der Waals surface area contributed by atoms with Gasteiger partial charge < -0.3 is 5.32 Å². The molecule has 0 saturated heterocycles. The SMILES string of the molecule is CCNC(Cc1cc(F)ccc1C)c1ccc(F)c(F)c1. The number of rotatable bonds is 5. The van der Waals surface area contributed by atoms with E-state index in [1.54, 1.807) is 12.1 Å². The van der Waals surface area contributed by atoms with Gasteiger partial charge in [-0.05, 0) is 60.8 Å². The van der Waals surface area contributed by atoms with Gasteiger partial charge in [-0.3, -0.25) is 0 Å². The van der Waals surface area contributed by atoms with E-state index in [0.29, 0.717) is 18.5 Å². The summed E-state index contributed by atoms with van der Waals surface area (Å²) in [5, 5.41) is 3.23. The lowest BCUT2D eigenvalue weighted by molar-refractivity contribution is 0.496. The largest absolute Gasteiger partial charge is 0.310 e. The van der Waals surface area contributed by atoms with Crippen LogP contribution in [-0.2, 0) is 6.42 Å². The average molecular weight is 293 g/mol.